The fraction of sp³-hybridized carbons (Fsp3) is 0.583. The van der Waals surface area contributed by atoms with E-state index in [1.54, 1.807) is 6.07 Å². The van der Waals surface area contributed by atoms with Crippen LogP contribution in [0, 0.1) is 5.92 Å². The summed E-state index contributed by atoms with van der Waals surface area (Å²) in [5.41, 5.74) is 0. The van der Waals surface area contributed by atoms with E-state index in [1.165, 1.54) is 11.3 Å². The van der Waals surface area contributed by atoms with E-state index in [0.717, 1.165) is 30.7 Å². The molecule has 0 radical (unpaired) electrons. The van der Waals surface area contributed by atoms with Crippen molar-refractivity contribution in [3.05, 3.63) is 21.9 Å². The molecule has 3 N–H and O–H groups in total. The third kappa shape index (κ3) is 3.52. The van der Waals surface area contributed by atoms with Crippen LogP contribution in [-0.4, -0.2) is 28.8 Å². The molecule has 2 unspecified atom stereocenters. The van der Waals surface area contributed by atoms with Crippen LogP contribution in [0.5, 0.6) is 0 Å². The molecule has 17 heavy (non-hydrogen) atoms. The summed E-state index contributed by atoms with van der Waals surface area (Å²) in [4.78, 5) is 12.1. The maximum Gasteiger partial charge on any atom is 0.345 e. The number of aromatic carboxylic acids is 1. The number of aliphatic hydroxyl groups excluding tert-OH is 1. The normalized spacial score (nSPS) is 24.1. The van der Waals surface area contributed by atoms with Crippen molar-refractivity contribution >= 4 is 17.3 Å². The van der Waals surface area contributed by atoms with Gasteiger partial charge in [0.15, 0.2) is 0 Å². The number of rotatable bonds is 5. The van der Waals surface area contributed by atoms with Gasteiger partial charge in [0.1, 0.15) is 4.88 Å². The Morgan fingerprint density at radius 1 is 1.47 bits per heavy atom. The summed E-state index contributed by atoms with van der Waals surface area (Å²) in [6.45, 7) is 1.61. The zero-order valence-electron chi connectivity index (χ0n) is 9.56. The van der Waals surface area contributed by atoms with Crippen molar-refractivity contribution in [3.63, 3.8) is 0 Å². The van der Waals surface area contributed by atoms with Gasteiger partial charge in [-0.05, 0) is 43.9 Å². The summed E-state index contributed by atoms with van der Waals surface area (Å²) in [5, 5.41) is 21.5. The Morgan fingerprint density at radius 3 is 2.88 bits per heavy atom. The van der Waals surface area contributed by atoms with Gasteiger partial charge in [-0.3, -0.25) is 0 Å². The van der Waals surface area contributed by atoms with Crippen molar-refractivity contribution in [1.29, 1.82) is 0 Å². The smallest absolute Gasteiger partial charge is 0.345 e. The van der Waals surface area contributed by atoms with Gasteiger partial charge in [0, 0.05) is 11.4 Å². The van der Waals surface area contributed by atoms with Gasteiger partial charge in [0.05, 0.1) is 6.10 Å². The molecular formula is C12H17NO3S. The third-order valence-electron chi connectivity index (χ3n) is 3.12. The van der Waals surface area contributed by atoms with E-state index >= 15 is 0 Å². The van der Waals surface area contributed by atoms with E-state index in [2.05, 4.69) is 5.32 Å². The summed E-state index contributed by atoms with van der Waals surface area (Å²) in [6.07, 6.45) is 2.76. The molecule has 1 aliphatic carbocycles. The van der Waals surface area contributed by atoms with E-state index in [0.29, 0.717) is 17.3 Å². The van der Waals surface area contributed by atoms with Gasteiger partial charge in [0.2, 0.25) is 0 Å². The van der Waals surface area contributed by atoms with Gasteiger partial charge in [-0.15, -0.1) is 11.3 Å². The van der Waals surface area contributed by atoms with Crippen LogP contribution in [0.1, 0.15) is 33.8 Å². The van der Waals surface area contributed by atoms with Crippen molar-refractivity contribution in [2.45, 2.75) is 31.9 Å². The summed E-state index contributed by atoms with van der Waals surface area (Å²) >= 11 is 1.31. The van der Waals surface area contributed by atoms with Gasteiger partial charge in [-0.1, -0.05) is 0 Å². The van der Waals surface area contributed by atoms with Gasteiger partial charge >= 0.3 is 5.97 Å². The molecule has 0 aromatic carbocycles. The summed E-state index contributed by atoms with van der Waals surface area (Å²) < 4.78 is 0. The monoisotopic (exact) mass is 255 g/mol. The first-order chi connectivity index (χ1) is 8.15. The first-order valence-electron chi connectivity index (χ1n) is 5.86. The van der Waals surface area contributed by atoms with Crippen LogP contribution in [-0.2, 0) is 6.54 Å². The molecule has 2 rings (SSSR count). The average molecular weight is 255 g/mol. The average Bonchev–Trinajstić information content (AvgIpc) is 2.88. The summed E-state index contributed by atoms with van der Waals surface area (Å²) in [5.74, 6) is -0.302. The Morgan fingerprint density at radius 2 is 2.29 bits per heavy atom. The minimum absolute atomic E-state index is 0.123. The molecule has 2 atom stereocenters. The van der Waals surface area contributed by atoms with Crippen molar-refractivity contribution in [1.82, 2.24) is 5.32 Å². The lowest BCUT2D eigenvalue weighted by atomic mass is 10.1. The predicted molar refractivity (Wildman–Crippen MR) is 66.3 cm³/mol. The molecule has 0 spiro atoms. The van der Waals surface area contributed by atoms with Crippen LogP contribution in [0.15, 0.2) is 12.1 Å². The first kappa shape index (κ1) is 12.5. The molecule has 5 heteroatoms. The topological polar surface area (TPSA) is 69.6 Å². The number of carbonyl (C=O) groups is 1. The van der Waals surface area contributed by atoms with Crippen LogP contribution < -0.4 is 5.32 Å². The number of aliphatic hydroxyl groups is 1. The predicted octanol–water partition coefficient (Wildman–Crippen LogP) is 1.70. The lowest BCUT2D eigenvalue weighted by molar-refractivity contribution is 0.0702. The molecule has 1 fully saturated rings. The molecule has 0 amide bonds. The van der Waals surface area contributed by atoms with Crippen LogP contribution in [0.4, 0.5) is 0 Å². The van der Waals surface area contributed by atoms with E-state index in [4.69, 9.17) is 5.11 Å². The van der Waals surface area contributed by atoms with Crippen LogP contribution in [0.25, 0.3) is 0 Å². The van der Waals surface area contributed by atoms with E-state index in [-0.39, 0.29) is 6.10 Å². The molecule has 0 aliphatic heterocycles. The maximum atomic E-state index is 10.7. The minimum atomic E-state index is -0.861. The van der Waals surface area contributed by atoms with E-state index < -0.39 is 5.97 Å². The fourth-order valence-electron chi connectivity index (χ4n) is 2.22. The molecule has 1 aromatic heterocycles. The lowest BCUT2D eigenvalue weighted by Crippen LogP contribution is -2.20. The highest BCUT2D eigenvalue weighted by Crippen LogP contribution is 2.24. The van der Waals surface area contributed by atoms with Gasteiger partial charge in [-0.25, -0.2) is 4.79 Å². The van der Waals surface area contributed by atoms with E-state index in [1.807, 2.05) is 6.07 Å². The first-order valence-corrected chi connectivity index (χ1v) is 6.67. The standard InChI is InChI=1S/C12H17NO3S/c14-9-2-1-8(5-9)6-13-7-10-3-4-11(17-10)12(15)16/h3-4,8-9,13-14H,1-2,5-7H2,(H,15,16). The van der Waals surface area contributed by atoms with Crippen LogP contribution in [0.2, 0.25) is 0 Å². The van der Waals surface area contributed by atoms with Crippen LogP contribution >= 0.6 is 11.3 Å². The molecule has 1 heterocycles. The van der Waals surface area contributed by atoms with E-state index in [9.17, 15) is 9.90 Å². The quantitative estimate of drug-likeness (QED) is 0.749. The molecule has 1 aliphatic rings. The zero-order valence-corrected chi connectivity index (χ0v) is 10.4. The number of hydrogen-bond donors (Lipinski definition) is 3. The number of hydrogen-bond acceptors (Lipinski definition) is 4. The van der Waals surface area contributed by atoms with Crippen molar-refractivity contribution in [2.24, 2.45) is 5.92 Å². The third-order valence-corrected chi connectivity index (χ3v) is 4.19. The lowest BCUT2D eigenvalue weighted by Gasteiger charge is -2.09. The second kappa shape index (κ2) is 5.62. The Balaban J connectivity index is 1.72. The van der Waals surface area contributed by atoms with Gasteiger partial charge < -0.3 is 15.5 Å². The maximum absolute atomic E-state index is 10.7. The minimum Gasteiger partial charge on any atom is -0.477 e. The number of carboxylic acids is 1. The number of carboxylic acid groups (broad SMARTS) is 1. The number of nitrogens with one attached hydrogen (secondary N) is 1. The summed E-state index contributed by atoms with van der Waals surface area (Å²) in [6, 6.07) is 3.49. The Labute approximate surface area is 104 Å². The highest BCUT2D eigenvalue weighted by Gasteiger charge is 2.22. The fourth-order valence-corrected chi connectivity index (χ4v) is 3.04. The second-order valence-corrected chi connectivity index (χ2v) is 5.70. The molecular weight excluding hydrogens is 238 g/mol. The summed E-state index contributed by atoms with van der Waals surface area (Å²) in [7, 11) is 0. The van der Waals surface area contributed by atoms with Gasteiger partial charge in [-0.2, -0.15) is 0 Å². The van der Waals surface area contributed by atoms with Gasteiger partial charge in [0.25, 0.3) is 0 Å². The Hall–Kier alpha value is -0.910. The Bertz CT molecular complexity index is 391. The van der Waals surface area contributed by atoms with Crippen molar-refractivity contribution in [2.75, 3.05) is 6.54 Å². The van der Waals surface area contributed by atoms with Crippen LogP contribution in [0.3, 0.4) is 0 Å². The van der Waals surface area contributed by atoms with Crippen molar-refractivity contribution < 1.29 is 15.0 Å². The number of thiophene rings is 1. The molecule has 4 nitrogen and oxygen atoms in total. The molecule has 0 saturated heterocycles. The molecule has 1 saturated carbocycles. The highest BCUT2D eigenvalue weighted by molar-refractivity contribution is 7.13. The van der Waals surface area contributed by atoms with Crippen molar-refractivity contribution in [3.8, 4) is 0 Å². The second-order valence-electron chi connectivity index (χ2n) is 4.53. The highest BCUT2D eigenvalue weighted by atomic mass is 32.1. The Kier molecular flexibility index (Phi) is 4.15. The molecule has 1 aromatic rings. The SMILES string of the molecule is O=C(O)c1ccc(CNCC2CCC(O)C2)s1. The molecule has 0 bridgehead atoms. The largest absolute Gasteiger partial charge is 0.477 e. The molecule has 94 valence electrons. The zero-order chi connectivity index (χ0) is 12.3.